The molecule has 5 N–H and O–H groups in total. The van der Waals surface area contributed by atoms with E-state index in [4.69, 9.17) is 9.47 Å². The first-order valence-electron chi connectivity index (χ1n) is 17.8. The molecule has 5 aliphatic carbocycles. The molecule has 15 atom stereocenters. The van der Waals surface area contributed by atoms with E-state index in [9.17, 15) is 25.5 Å². The van der Waals surface area contributed by atoms with E-state index >= 15 is 0 Å². The van der Waals surface area contributed by atoms with Crippen molar-refractivity contribution in [2.45, 2.75) is 149 Å². The van der Waals surface area contributed by atoms with E-state index in [1.807, 2.05) is 0 Å². The van der Waals surface area contributed by atoms with Gasteiger partial charge in [-0.25, -0.2) is 0 Å². The van der Waals surface area contributed by atoms with Gasteiger partial charge in [-0.15, -0.1) is 0 Å². The van der Waals surface area contributed by atoms with Gasteiger partial charge in [0.2, 0.25) is 0 Å². The average molecular weight is 619 g/mol. The van der Waals surface area contributed by atoms with Crippen LogP contribution in [0.2, 0.25) is 0 Å². The van der Waals surface area contributed by atoms with Crippen molar-refractivity contribution in [3.63, 3.8) is 0 Å². The largest absolute Gasteiger partial charge is 0.394 e. The highest BCUT2D eigenvalue weighted by atomic mass is 16.7. The first-order valence-corrected chi connectivity index (χ1v) is 17.8. The van der Waals surface area contributed by atoms with Gasteiger partial charge in [0.25, 0.3) is 0 Å². The molecule has 6 fully saturated rings. The molecule has 6 aliphatic rings. The van der Waals surface area contributed by atoms with E-state index in [2.05, 4.69) is 48.1 Å². The fraction of sp³-hybridized carbons (Fsp3) is 0.946. The van der Waals surface area contributed by atoms with Crippen LogP contribution in [0, 0.1) is 56.7 Å². The van der Waals surface area contributed by atoms with E-state index in [0.29, 0.717) is 36.2 Å². The minimum absolute atomic E-state index is 0.0365. The average Bonchev–Trinajstić information content (AvgIpc) is 3.36. The fourth-order valence-electron chi connectivity index (χ4n) is 13.3. The van der Waals surface area contributed by atoms with Crippen molar-refractivity contribution < 1.29 is 35.0 Å². The van der Waals surface area contributed by atoms with Gasteiger partial charge in [-0.1, -0.05) is 46.8 Å². The molecule has 1 heterocycles. The summed E-state index contributed by atoms with van der Waals surface area (Å²) in [6.45, 7) is 19.3. The van der Waals surface area contributed by atoms with Crippen molar-refractivity contribution in [2.75, 3.05) is 13.2 Å². The number of aliphatic hydroxyl groups is 5. The maximum absolute atomic E-state index is 11.0. The first kappa shape index (κ1) is 33.4. The Labute approximate surface area is 265 Å². The van der Waals surface area contributed by atoms with Gasteiger partial charge in [0.1, 0.15) is 24.4 Å². The third kappa shape index (κ3) is 4.60. The number of rotatable bonds is 6. The quantitative estimate of drug-likeness (QED) is 0.259. The summed E-state index contributed by atoms with van der Waals surface area (Å²) in [7, 11) is 0. The first-order chi connectivity index (χ1) is 20.6. The van der Waals surface area contributed by atoms with Crippen LogP contribution in [-0.2, 0) is 9.47 Å². The van der Waals surface area contributed by atoms with Crippen molar-refractivity contribution in [1.29, 1.82) is 0 Å². The highest BCUT2D eigenvalue weighted by Crippen LogP contribution is 2.77. The second kappa shape index (κ2) is 11.3. The van der Waals surface area contributed by atoms with Crippen molar-refractivity contribution in [1.82, 2.24) is 0 Å². The van der Waals surface area contributed by atoms with E-state index < -0.39 is 37.3 Å². The van der Waals surface area contributed by atoms with Gasteiger partial charge in [0, 0.05) is 0 Å². The summed E-state index contributed by atoms with van der Waals surface area (Å²) in [5.74, 6) is 2.91. The number of allylic oxidation sites excluding steroid dienone is 1. The summed E-state index contributed by atoms with van der Waals surface area (Å²) in [5.41, 5.74) is 2.19. The van der Waals surface area contributed by atoms with Crippen LogP contribution in [0.1, 0.15) is 112 Å². The molecule has 0 aromatic carbocycles. The number of aliphatic hydroxyl groups excluding tert-OH is 5. The zero-order valence-electron chi connectivity index (χ0n) is 28.3. The Kier molecular flexibility index (Phi) is 8.55. The second-order valence-electron chi connectivity index (χ2n) is 17.7. The Morgan fingerprint density at radius 2 is 1.52 bits per heavy atom. The molecule has 7 heteroatoms. The predicted molar refractivity (Wildman–Crippen MR) is 169 cm³/mol. The lowest BCUT2D eigenvalue weighted by molar-refractivity contribution is -0.303. The second-order valence-corrected chi connectivity index (χ2v) is 17.7. The molecule has 6 rings (SSSR count). The minimum atomic E-state index is -1.42. The molecular formula is C37H62O7. The molecule has 0 aromatic rings. The van der Waals surface area contributed by atoms with Gasteiger partial charge >= 0.3 is 0 Å². The van der Waals surface area contributed by atoms with Crippen molar-refractivity contribution in [3.05, 3.63) is 12.2 Å². The Hall–Kier alpha value is -0.540. The normalized spacial score (nSPS) is 54.9. The number of hydrogen-bond donors (Lipinski definition) is 5. The number of ether oxygens (including phenoxy) is 2. The van der Waals surface area contributed by atoms with Gasteiger partial charge in [0.05, 0.1) is 19.3 Å². The summed E-state index contributed by atoms with van der Waals surface area (Å²) in [5, 5.41) is 51.7. The zero-order valence-corrected chi connectivity index (χ0v) is 28.3. The summed E-state index contributed by atoms with van der Waals surface area (Å²) in [6, 6.07) is 0. The Morgan fingerprint density at radius 3 is 2.20 bits per heavy atom. The maximum Gasteiger partial charge on any atom is 0.186 e. The van der Waals surface area contributed by atoms with Crippen LogP contribution in [-0.4, -0.2) is 75.6 Å². The molecule has 7 nitrogen and oxygen atoms in total. The molecule has 0 bridgehead atoms. The predicted octanol–water partition coefficient (Wildman–Crippen LogP) is 5.21. The molecule has 0 spiro atoms. The van der Waals surface area contributed by atoms with Crippen LogP contribution >= 0.6 is 0 Å². The lowest BCUT2D eigenvalue weighted by atomic mass is 9.32. The monoisotopic (exact) mass is 618 g/mol. The minimum Gasteiger partial charge on any atom is -0.394 e. The Bertz CT molecular complexity index is 1090. The highest BCUT2D eigenvalue weighted by Gasteiger charge is 2.70. The molecule has 0 radical (unpaired) electrons. The summed E-state index contributed by atoms with van der Waals surface area (Å²) >= 11 is 0. The third-order valence-corrected chi connectivity index (χ3v) is 15.9. The van der Waals surface area contributed by atoms with Gasteiger partial charge in [0.15, 0.2) is 6.29 Å². The van der Waals surface area contributed by atoms with Gasteiger partial charge in [-0.2, -0.15) is 0 Å². The van der Waals surface area contributed by atoms with E-state index in [1.165, 1.54) is 50.5 Å². The zero-order chi connectivity index (χ0) is 32.0. The molecular weight excluding hydrogens is 556 g/mol. The van der Waals surface area contributed by atoms with Crippen LogP contribution in [0.15, 0.2) is 12.2 Å². The van der Waals surface area contributed by atoms with Crippen molar-refractivity contribution in [2.24, 2.45) is 56.7 Å². The van der Waals surface area contributed by atoms with E-state index in [-0.39, 0.29) is 33.2 Å². The molecule has 252 valence electrons. The van der Waals surface area contributed by atoms with Crippen LogP contribution in [0.5, 0.6) is 0 Å². The van der Waals surface area contributed by atoms with Crippen LogP contribution < -0.4 is 0 Å². The molecule has 44 heavy (non-hydrogen) atoms. The SMILES string of the molecule is C=C(C)[C@@H]1CC[C@]2(CCO[C@H]3O[C@H](CO)[C@H](O)[C@@H](O)[C@@H]3O)CC[C@]3(C)[C@H](CC[C@@H]4[C@@]5(C)CC[C@H](O)C(C)(C)[C@@H]5CC[C@]43C)[C@@H]12. The van der Waals surface area contributed by atoms with Crippen LogP contribution in [0.3, 0.4) is 0 Å². The molecule has 0 unspecified atom stereocenters. The molecule has 0 aromatic heterocycles. The Balaban J connectivity index is 1.25. The summed E-state index contributed by atoms with van der Waals surface area (Å²) < 4.78 is 11.8. The molecule has 5 saturated carbocycles. The highest BCUT2D eigenvalue weighted by molar-refractivity contribution is 5.21. The summed E-state index contributed by atoms with van der Waals surface area (Å²) in [4.78, 5) is 0. The van der Waals surface area contributed by atoms with Crippen LogP contribution in [0.4, 0.5) is 0 Å². The smallest absolute Gasteiger partial charge is 0.186 e. The molecule has 1 saturated heterocycles. The number of hydrogen-bond acceptors (Lipinski definition) is 7. The van der Waals surface area contributed by atoms with E-state index in [0.717, 1.165) is 25.7 Å². The lowest BCUT2D eigenvalue weighted by Crippen LogP contribution is -2.66. The van der Waals surface area contributed by atoms with Crippen LogP contribution in [0.25, 0.3) is 0 Å². The van der Waals surface area contributed by atoms with E-state index in [1.54, 1.807) is 0 Å². The molecule has 0 amide bonds. The number of fused-ring (bicyclic) bond motifs is 7. The van der Waals surface area contributed by atoms with Gasteiger partial charge in [-0.05, 0) is 134 Å². The third-order valence-electron chi connectivity index (χ3n) is 15.9. The van der Waals surface area contributed by atoms with Crippen molar-refractivity contribution in [3.8, 4) is 0 Å². The lowest BCUT2D eigenvalue weighted by Gasteiger charge is -2.73. The van der Waals surface area contributed by atoms with Gasteiger partial charge < -0.3 is 35.0 Å². The standard InChI is InChI=1S/C37H62O7/c1-21(2)22-10-15-37(18-19-43-32-31(42)30(41)29(40)24(20-38)44-32)17-16-35(6)23(28(22)37)8-9-26-34(5)13-12-27(39)33(3,4)25(34)11-14-36(26,35)7/h22-32,38-42H,1,8-20H2,2-7H3/t22-,23+,24+,25-,26+,27-,28+,29-,30+,31-,32-,34-,35+,36+,37+/m0/s1. The summed E-state index contributed by atoms with van der Waals surface area (Å²) in [6.07, 6.45) is 6.24. The topological polar surface area (TPSA) is 120 Å². The fourth-order valence-corrected chi connectivity index (χ4v) is 13.3. The Morgan fingerprint density at radius 1 is 0.795 bits per heavy atom. The molecule has 1 aliphatic heterocycles. The maximum atomic E-state index is 11.0. The van der Waals surface area contributed by atoms with Crippen molar-refractivity contribution >= 4 is 0 Å². The van der Waals surface area contributed by atoms with Gasteiger partial charge in [-0.3, -0.25) is 0 Å².